The Morgan fingerprint density at radius 2 is 2.18 bits per heavy atom. The van der Waals surface area contributed by atoms with Crippen LogP contribution >= 0.6 is 0 Å². The lowest BCUT2D eigenvalue weighted by molar-refractivity contribution is -0.330. The molecule has 0 heterocycles. The summed E-state index contributed by atoms with van der Waals surface area (Å²) in [5.74, 6) is 0. The van der Waals surface area contributed by atoms with Gasteiger partial charge in [0.2, 0.25) is 0 Å². The fraction of sp³-hybridized carbons (Fsp3) is 1.00. The Morgan fingerprint density at radius 1 is 1.55 bits per heavy atom. The van der Waals surface area contributed by atoms with Crippen LogP contribution in [0, 0.1) is 0 Å². The Bertz CT molecular complexity index is 89.9. The van der Waals surface area contributed by atoms with Gasteiger partial charge in [0.25, 0.3) is 0 Å². The van der Waals surface area contributed by atoms with Gasteiger partial charge >= 0.3 is 0 Å². The van der Waals surface area contributed by atoms with E-state index in [9.17, 15) is 0 Å². The minimum absolute atomic E-state index is 0.240. The zero-order valence-electron chi connectivity index (χ0n) is 6.82. The van der Waals surface area contributed by atoms with Gasteiger partial charge in [-0.3, -0.25) is 10.4 Å². The van der Waals surface area contributed by atoms with Crippen molar-refractivity contribution in [2.24, 2.45) is 5.73 Å². The SMILES string of the molecule is CCC(CNCCN)N(O)O. The highest BCUT2D eigenvalue weighted by atomic mass is 16.8. The molecule has 0 saturated carbocycles. The summed E-state index contributed by atoms with van der Waals surface area (Å²) < 4.78 is 0. The molecule has 68 valence electrons. The number of hydrogen-bond donors (Lipinski definition) is 4. The molecule has 0 spiro atoms. The van der Waals surface area contributed by atoms with Crippen molar-refractivity contribution in [3.05, 3.63) is 0 Å². The lowest BCUT2D eigenvalue weighted by atomic mass is 10.2. The van der Waals surface area contributed by atoms with Gasteiger partial charge in [0.05, 0.1) is 6.04 Å². The summed E-state index contributed by atoms with van der Waals surface area (Å²) in [6, 6.07) is -0.249. The van der Waals surface area contributed by atoms with Crippen molar-refractivity contribution in [1.29, 1.82) is 0 Å². The van der Waals surface area contributed by atoms with Gasteiger partial charge in [-0.15, -0.1) is 0 Å². The molecule has 0 saturated heterocycles. The normalized spacial score (nSPS) is 13.9. The summed E-state index contributed by atoms with van der Waals surface area (Å²) >= 11 is 0. The third-order valence-electron chi connectivity index (χ3n) is 1.50. The Hall–Kier alpha value is -0.200. The monoisotopic (exact) mass is 163 g/mol. The minimum atomic E-state index is -0.249. The molecule has 0 aliphatic carbocycles. The molecule has 0 aliphatic heterocycles. The zero-order chi connectivity index (χ0) is 8.69. The fourth-order valence-electron chi connectivity index (χ4n) is 0.760. The van der Waals surface area contributed by atoms with E-state index in [4.69, 9.17) is 16.1 Å². The Labute approximate surface area is 66.7 Å². The van der Waals surface area contributed by atoms with Crippen molar-refractivity contribution in [2.45, 2.75) is 19.4 Å². The molecule has 5 heteroatoms. The number of nitrogens with two attached hydrogens (primary N) is 1. The molecule has 0 amide bonds. The van der Waals surface area contributed by atoms with Crippen molar-refractivity contribution in [3.8, 4) is 0 Å². The molecule has 0 aromatic heterocycles. The van der Waals surface area contributed by atoms with E-state index in [-0.39, 0.29) is 11.3 Å². The van der Waals surface area contributed by atoms with Crippen molar-refractivity contribution in [1.82, 2.24) is 10.5 Å². The van der Waals surface area contributed by atoms with Gasteiger partial charge in [-0.2, -0.15) is 0 Å². The van der Waals surface area contributed by atoms with E-state index in [1.807, 2.05) is 6.92 Å². The van der Waals surface area contributed by atoms with Crippen LogP contribution in [0.3, 0.4) is 0 Å². The van der Waals surface area contributed by atoms with Crippen LogP contribution in [0.4, 0.5) is 0 Å². The number of nitrogens with zero attached hydrogens (tertiary/aromatic N) is 1. The van der Waals surface area contributed by atoms with Crippen LogP contribution in [0.5, 0.6) is 0 Å². The first-order valence-corrected chi connectivity index (χ1v) is 3.80. The van der Waals surface area contributed by atoms with E-state index in [0.717, 1.165) is 0 Å². The van der Waals surface area contributed by atoms with Gasteiger partial charge in [0.1, 0.15) is 0 Å². The number of hydroxylamine groups is 2. The molecule has 0 aromatic carbocycles. The molecule has 0 rings (SSSR count). The summed E-state index contributed by atoms with van der Waals surface area (Å²) in [6.45, 7) is 3.69. The van der Waals surface area contributed by atoms with E-state index in [1.54, 1.807) is 0 Å². The fourth-order valence-corrected chi connectivity index (χ4v) is 0.760. The Balaban J connectivity index is 3.36. The molecule has 1 atom stereocenters. The predicted molar refractivity (Wildman–Crippen MR) is 41.4 cm³/mol. The number of hydrogen-bond acceptors (Lipinski definition) is 5. The second kappa shape index (κ2) is 6.51. The lowest BCUT2D eigenvalue weighted by Gasteiger charge is -2.18. The maximum Gasteiger partial charge on any atom is 0.0745 e. The number of rotatable bonds is 6. The predicted octanol–water partition coefficient (Wildman–Crippen LogP) is -0.606. The molecule has 0 bridgehead atoms. The van der Waals surface area contributed by atoms with Crippen molar-refractivity contribution < 1.29 is 10.4 Å². The average Bonchev–Trinajstić information content (AvgIpc) is 1.97. The molecule has 0 radical (unpaired) electrons. The summed E-state index contributed by atoms with van der Waals surface area (Å²) in [6.07, 6.45) is 0.685. The summed E-state index contributed by atoms with van der Waals surface area (Å²) in [7, 11) is 0. The second-order valence-electron chi connectivity index (χ2n) is 2.38. The lowest BCUT2D eigenvalue weighted by Crippen LogP contribution is -2.39. The highest BCUT2D eigenvalue weighted by Gasteiger charge is 2.10. The Morgan fingerprint density at radius 3 is 2.55 bits per heavy atom. The minimum Gasteiger partial charge on any atom is -0.329 e. The molecule has 11 heavy (non-hydrogen) atoms. The highest BCUT2D eigenvalue weighted by molar-refractivity contribution is 4.61. The molecule has 5 N–H and O–H groups in total. The summed E-state index contributed by atoms with van der Waals surface area (Å²) in [5.41, 5.74) is 5.23. The van der Waals surface area contributed by atoms with E-state index in [1.165, 1.54) is 0 Å². The largest absolute Gasteiger partial charge is 0.329 e. The van der Waals surface area contributed by atoms with Gasteiger partial charge in [0.15, 0.2) is 0 Å². The number of nitrogens with one attached hydrogen (secondary N) is 1. The van der Waals surface area contributed by atoms with Crippen LogP contribution in [0.25, 0.3) is 0 Å². The average molecular weight is 163 g/mol. The highest BCUT2D eigenvalue weighted by Crippen LogP contribution is 1.95. The molecular formula is C6H17N3O2. The standard InChI is InChI=1S/C6H17N3O2/c1-2-6(9(10)11)5-8-4-3-7/h6,8,10-11H,2-5,7H2,1H3. The van der Waals surface area contributed by atoms with Crippen molar-refractivity contribution in [2.75, 3.05) is 19.6 Å². The van der Waals surface area contributed by atoms with Crippen LogP contribution in [0.1, 0.15) is 13.3 Å². The molecule has 1 unspecified atom stereocenters. The zero-order valence-corrected chi connectivity index (χ0v) is 6.82. The van der Waals surface area contributed by atoms with Crippen molar-refractivity contribution in [3.63, 3.8) is 0 Å². The van der Waals surface area contributed by atoms with Gasteiger partial charge in [-0.1, -0.05) is 12.2 Å². The second-order valence-corrected chi connectivity index (χ2v) is 2.38. The smallest absolute Gasteiger partial charge is 0.0745 e. The summed E-state index contributed by atoms with van der Waals surface area (Å²) in [5, 5.41) is 20.5. The van der Waals surface area contributed by atoms with E-state index < -0.39 is 0 Å². The van der Waals surface area contributed by atoms with E-state index in [0.29, 0.717) is 26.1 Å². The molecule has 0 fully saturated rings. The van der Waals surface area contributed by atoms with Crippen LogP contribution in [0.2, 0.25) is 0 Å². The first-order chi connectivity index (χ1) is 5.22. The molecule has 0 aliphatic rings. The molecule has 0 aromatic rings. The van der Waals surface area contributed by atoms with Crippen LogP contribution < -0.4 is 11.1 Å². The van der Waals surface area contributed by atoms with Crippen LogP contribution in [-0.4, -0.2) is 41.3 Å². The molecular weight excluding hydrogens is 146 g/mol. The van der Waals surface area contributed by atoms with E-state index in [2.05, 4.69) is 5.32 Å². The van der Waals surface area contributed by atoms with Gasteiger partial charge in [-0.25, -0.2) is 0 Å². The first-order valence-electron chi connectivity index (χ1n) is 3.80. The van der Waals surface area contributed by atoms with E-state index >= 15 is 0 Å². The summed E-state index contributed by atoms with van der Waals surface area (Å²) in [4.78, 5) is 0. The first kappa shape index (κ1) is 10.8. The maximum absolute atomic E-state index is 8.63. The van der Waals surface area contributed by atoms with Crippen molar-refractivity contribution >= 4 is 0 Å². The molecule has 5 nitrogen and oxygen atoms in total. The Kier molecular flexibility index (Phi) is 6.39. The maximum atomic E-state index is 8.63. The quantitative estimate of drug-likeness (QED) is 0.310. The van der Waals surface area contributed by atoms with Gasteiger partial charge in [-0.05, 0) is 6.42 Å². The third kappa shape index (κ3) is 5.11. The third-order valence-corrected chi connectivity index (χ3v) is 1.50. The van der Waals surface area contributed by atoms with Gasteiger partial charge in [0, 0.05) is 19.6 Å². The van der Waals surface area contributed by atoms with Crippen LogP contribution in [0.15, 0.2) is 0 Å². The topological polar surface area (TPSA) is 81.8 Å². The van der Waals surface area contributed by atoms with Crippen LogP contribution in [-0.2, 0) is 0 Å². The van der Waals surface area contributed by atoms with Gasteiger partial charge < -0.3 is 11.1 Å².